The minimum atomic E-state index is -0.115. The van der Waals surface area contributed by atoms with Crippen molar-refractivity contribution in [3.63, 3.8) is 0 Å². The lowest BCUT2D eigenvalue weighted by atomic mass is 9.80. The Morgan fingerprint density at radius 1 is 0.442 bits per heavy atom. The van der Waals surface area contributed by atoms with Gasteiger partial charge in [0.1, 0.15) is 11.6 Å². The van der Waals surface area contributed by atoms with Crippen LogP contribution in [0, 0.1) is 0 Å². The Bertz CT molecular complexity index is 2830. The molecule has 10 rings (SSSR count). The van der Waals surface area contributed by atoms with E-state index in [9.17, 15) is 0 Å². The molecule has 52 heavy (non-hydrogen) atoms. The summed E-state index contributed by atoms with van der Waals surface area (Å²) in [4.78, 5) is 11.4. The molecule has 246 valence electrons. The average molecular weight is 666 g/mol. The molecular formula is C49H35N3. The zero-order valence-electron chi connectivity index (χ0n) is 29.1. The number of rotatable bonds is 6. The molecule has 0 amide bonds. The fourth-order valence-corrected chi connectivity index (χ4v) is 8.16. The molecule has 0 fully saturated rings. The van der Waals surface area contributed by atoms with Gasteiger partial charge in [-0.15, -0.1) is 0 Å². The smallest absolute Gasteiger partial charge is 0.138 e. The van der Waals surface area contributed by atoms with Crippen LogP contribution in [0.1, 0.15) is 36.1 Å². The second-order valence-electron chi connectivity index (χ2n) is 14.4. The first-order chi connectivity index (χ1) is 25.5. The van der Waals surface area contributed by atoms with Crippen LogP contribution in [0.5, 0.6) is 0 Å². The van der Waals surface area contributed by atoms with Crippen LogP contribution in [0.2, 0.25) is 0 Å². The van der Waals surface area contributed by atoms with Crippen molar-refractivity contribution in [2.75, 3.05) is 4.90 Å². The lowest BCUT2D eigenvalue weighted by Crippen LogP contribution is -2.15. The molecular weight excluding hydrogens is 631 g/mol. The fraction of sp³-hybridized carbons (Fsp3) is 0.0612. The third-order valence-corrected chi connectivity index (χ3v) is 10.8. The molecule has 2 heterocycles. The van der Waals surface area contributed by atoms with Gasteiger partial charge in [-0.3, -0.25) is 4.90 Å². The van der Waals surface area contributed by atoms with E-state index in [2.05, 4.69) is 156 Å². The molecule has 0 spiro atoms. The summed E-state index contributed by atoms with van der Waals surface area (Å²) >= 11 is 0. The Hall–Kier alpha value is -6.58. The minimum Gasteiger partial charge on any atom is -0.279 e. The molecule has 0 saturated carbocycles. The first kappa shape index (κ1) is 30.3. The van der Waals surface area contributed by atoms with E-state index in [1.807, 2.05) is 48.8 Å². The van der Waals surface area contributed by atoms with Crippen molar-refractivity contribution < 1.29 is 0 Å². The predicted octanol–water partition coefficient (Wildman–Crippen LogP) is 13.0. The summed E-state index contributed by atoms with van der Waals surface area (Å²) in [5, 5.41) is 10.3. The molecule has 0 atom stereocenters. The number of aromatic nitrogens is 2. The maximum Gasteiger partial charge on any atom is 0.138 e. The summed E-state index contributed by atoms with van der Waals surface area (Å²) in [6.07, 6.45) is 8.13. The van der Waals surface area contributed by atoms with E-state index in [0.717, 1.165) is 22.7 Å². The number of anilines is 3. The molecule has 3 heteroatoms. The molecule has 7 aromatic carbocycles. The van der Waals surface area contributed by atoms with Gasteiger partial charge in [0.15, 0.2) is 0 Å². The monoisotopic (exact) mass is 665 g/mol. The Morgan fingerprint density at radius 3 is 1.75 bits per heavy atom. The summed E-state index contributed by atoms with van der Waals surface area (Å²) in [6.45, 7) is 4.77. The number of hydrogen-bond donors (Lipinski definition) is 0. The van der Waals surface area contributed by atoms with Gasteiger partial charge < -0.3 is 0 Å². The molecule has 0 aliphatic heterocycles. The summed E-state index contributed by atoms with van der Waals surface area (Å²) in [5.41, 5.74) is 8.64. The third kappa shape index (κ3) is 4.97. The molecule has 0 saturated heterocycles. The lowest BCUT2D eigenvalue weighted by Gasteiger charge is -2.23. The van der Waals surface area contributed by atoms with Crippen molar-refractivity contribution in [1.29, 1.82) is 0 Å². The Morgan fingerprint density at radius 2 is 1.00 bits per heavy atom. The van der Waals surface area contributed by atoms with E-state index in [0.29, 0.717) is 0 Å². The number of benzene rings is 7. The van der Waals surface area contributed by atoms with E-state index in [4.69, 9.17) is 0 Å². The quantitative estimate of drug-likeness (QED) is 0.131. The van der Waals surface area contributed by atoms with Crippen molar-refractivity contribution >= 4 is 72.6 Å². The zero-order valence-corrected chi connectivity index (χ0v) is 29.1. The van der Waals surface area contributed by atoms with Gasteiger partial charge in [0, 0.05) is 23.5 Å². The normalized spacial score (nSPS) is 13.3. The van der Waals surface area contributed by atoms with E-state index in [-0.39, 0.29) is 5.41 Å². The van der Waals surface area contributed by atoms with E-state index in [1.165, 1.54) is 71.1 Å². The van der Waals surface area contributed by atoms with Gasteiger partial charge in [0.2, 0.25) is 0 Å². The van der Waals surface area contributed by atoms with Crippen molar-refractivity contribution in [2.45, 2.75) is 19.3 Å². The van der Waals surface area contributed by atoms with Gasteiger partial charge in [-0.2, -0.15) is 0 Å². The van der Waals surface area contributed by atoms with Gasteiger partial charge in [0.05, 0.1) is 0 Å². The van der Waals surface area contributed by atoms with Crippen LogP contribution in [0.25, 0.3) is 66.4 Å². The van der Waals surface area contributed by atoms with Gasteiger partial charge in [0.25, 0.3) is 0 Å². The maximum atomic E-state index is 4.63. The van der Waals surface area contributed by atoms with Crippen LogP contribution in [-0.2, 0) is 5.41 Å². The summed E-state index contributed by atoms with van der Waals surface area (Å²) in [5.74, 6) is 1.66. The van der Waals surface area contributed by atoms with Crippen LogP contribution < -0.4 is 4.90 Å². The van der Waals surface area contributed by atoms with Crippen molar-refractivity contribution in [2.24, 2.45) is 0 Å². The van der Waals surface area contributed by atoms with Gasteiger partial charge in [-0.1, -0.05) is 111 Å². The standard InChI is InChI=1S/C49H35N3/c1-49(2)43-27-33(26-39-19-20-40-29-41(31-44(49)48(40)47(39)43)37-18-17-34-9-3-4-10-35(34)28-37)14-13-32-15-16-38-30-42(22-21-36(38)25-32)52(45-11-5-7-23-50-45)46-12-6-8-24-51-46/h3-31H,1-2H3. The molecule has 1 aliphatic carbocycles. The lowest BCUT2D eigenvalue weighted by molar-refractivity contribution is 0.663. The highest BCUT2D eigenvalue weighted by atomic mass is 15.2. The van der Waals surface area contributed by atoms with Crippen LogP contribution in [-0.4, -0.2) is 9.97 Å². The highest BCUT2D eigenvalue weighted by Gasteiger charge is 2.34. The minimum absolute atomic E-state index is 0.115. The molecule has 0 bridgehead atoms. The molecule has 9 aromatic rings. The first-order valence-corrected chi connectivity index (χ1v) is 17.9. The first-order valence-electron chi connectivity index (χ1n) is 17.9. The number of hydrogen-bond acceptors (Lipinski definition) is 3. The molecule has 2 aromatic heterocycles. The Labute approximate surface area is 303 Å². The fourth-order valence-electron chi connectivity index (χ4n) is 8.16. The largest absolute Gasteiger partial charge is 0.279 e. The van der Waals surface area contributed by atoms with Gasteiger partial charge in [-0.25, -0.2) is 9.97 Å². The van der Waals surface area contributed by atoms with E-state index >= 15 is 0 Å². The zero-order chi connectivity index (χ0) is 34.8. The Kier molecular flexibility index (Phi) is 6.84. The summed E-state index contributed by atoms with van der Waals surface area (Å²) in [7, 11) is 0. The van der Waals surface area contributed by atoms with Crippen LogP contribution in [0.3, 0.4) is 0 Å². The average Bonchev–Trinajstić information content (AvgIpc) is 3.42. The number of nitrogens with zero attached hydrogens (tertiary/aromatic N) is 3. The van der Waals surface area contributed by atoms with Gasteiger partial charge in [-0.05, 0) is 143 Å². The highest BCUT2D eigenvalue weighted by Crippen LogP contribution is 2.50. The molecule has 0 unspecified atom stereocenters. The number of pyridine rings is 2. The maximum absolute atomic E-state index is 4.63. The van der Waals surface area contributed by atoms with Gasteiger partial charge >= 0.3 is 0 Å². The van der Waals surface area contributed by atoms with E-state index < -0.39 is 0 Å². The van der Waals surface area contributed by atoms with E-state index in [1.54, 1.807) is 0 Å². The second-order valence-corrected chi connectivity index (χ2v) is 14.4. The van der Waals surface area contributed by atoms with Crippen molar-refractivity contribution in [3.05, 3.63) is 186 Å². The SMILES string of the molecule is CC1(C)c2cc(C=Cc3ccc4cc(N(c5ccccn5)c5ccccn5)ccc4c3)cc3ccc4cc(-c5ccc6ccccc6c5)cc1c4c23. The number of fused-ring (bicyclic) bond motifs is 2. The molecule has 0 N–H and O–H groups in total. The van der Waals surface area contributed by atoms with Crippen LogP contribution in [0.4, 0.5) is 17.3 Å². The van der Waals surface area contributed by atoms with Crippen molar-refractivity contribution in [3.8, 4) is 11.1 Å². The molecule has 3 nitrogen and oxygen atoms in total. The molecule has 0 radical (unpaired) electrons. The van der Waals surface area contributed by atoms with Crippen LogP contribution >= 0.6 is 0 Å². The molecule has 1 aliphatic rings. The second kappa shape index (κ2) is 11.8. The predicted molar refractivity (Wildman–Crippen MR) is 220 cm³/mol. The third-order valence-electron chi connectivity index (χ3n) is 10.8. The van der Waals surface area contributed by atoms with Crippen LogP contribution in [0.15, 0.2) is 164 Å². The summed E-state index contributed by atoms with van der Waals surface area (Å²) < 4.78 is 0. The van der Waals surface area contributed by atoms with Crippen molar-refractivity contribution in [1.82, 2.24) is 9.97 Å². The topological polar surface area (TPSA) is 29.0 Å². The summed E-state index contributed by atoms with van der Waals surface area (Å²) in [6, 6.07) is 54.7. The highest BCUT2D eigenvalue weighted by molar-refractivity contribution is 6.16. The Balaban J connectivity index is 0.979.